The van der Waals surface area contributed by atoms with Gasteiger partial charge in [-0.15, -0.1) is 4.41 Å². The van der Waals surface area contributed by atoms with Crippen LogP contribution in [0.4, 0.5) is 0 Å². The fraction of sp³-hybridized carbons (Fsp3) is 0.586. The number of rotatable bonds is 22. The van der Waals surface area contributed by atoms with E-state index in [1.807, 2.05) is 20.1 Å². The molecule has 0 aliphatic carbocycles. The van der Waals surface area contributed by atoms with Gasteiger partial charge in [0.2, 0.25) is 27.7 Å². The summed E-state index contributed by atoms with van der Waals surface area (Å²) in [5, 5.41) is 26.3. The first kappa shape index (κ1) is 39.4. The zero-order chi connectivity index (χ0) is 36.4. The van der Waals surface area contributed by atoms with Gasteiger partial charge >= 0.3 is 0 Å². The quantitative estimate of drug-likeness (QED) is 0.0442. The minimum Gasteiger partial charge on any atom is -0.508 e. The molecule has 0 saturated carbocycles. The molecular formula is C29H46N8O8S2. The Bertz CT molecular complexity index is 1390. The minimum atomic E-state index is -3.89. The maximum Gasteiger partial charge on any atom is 0.257 e. The third kappa shape index (κ3) is 15.1. The largest absolute Gasteiger partial charge is 0.508 e. The molecule has 0 fully saturated rings. The third-order valence-electron chi connectivity index (χ3n) is 6.63. The Labute approximate surface area is 281 Å². The van der Waals surface area contributed by atoms with Crippen molar-refractivity contribution in [2.24, 2.45) is 5.92 Å². The van der Waals surface area contributed by atoms with Gasteiger partial charge < -0.3 is 25.9 Å². The van der Waals surface area contributed by atoms with Crippen molar-refractivity contribution in [3.05, 3.63) is 29.8 Å². The Kier molecular flexibility index (Phi) is 17.8. The van der Waals surface area contributed by atoms with Crippen molar-refractivity contribution in [3.63, 3.8) is 0 Å². The lowest BCUT2D eigenvalue weighted by molar-refractivity contribution is -0.132. The summed E-state index contributed by atoms with van der Waals surface area (Å²) in [6.07, 6.45) is 1.23. The van der Waals surface area contributed by atoms with Crippen LogP contribution in [0.5, 0.6) is 5.75 Å². The van der Waals surface area contributed by atoms with Crippen LogP contribution in [-0.4, -0.2) is 103 Å². The molecule has 2 unspecified atom stereocenters. The average Bonchev–Trinajstić information content (AvgIpc) is 3.03. The number of carbonyl (C=O) groups excluding carboxylic acids is 5. The van der Waals surface area contributed by atoms with Crippen molar-refractivity contribution in [1.29, 1.82) is 5.26 Å². The summed E-state index contributed by atoms with van der Waals surface area (Å²) >= 11 is 1.44. The van der Waals surface area contributed by atoms with Crippen LogP contribution in [0.3, 0.4) is 0 Å². The van der Waals surface area contributed by atoms with Crippen LogP contribution in [-0.2, 0) is 40.4 Å². The Morgan fingerprint density at radius 1 is 1.04 bits per heavy atom. The number of hydrogen-bond donors (Lipinski definition) is 7. The van der Waals surface area contributed by atoms with Crippen molar-refractivity contribution in [3.8, 4) is 11.8 Å². The molecule has 4 atom stereocenters. The van der Waals surface area contributed by atoms with Gasteiger partial charge in [-0.2, -0.15) is 17.0 Å². The summed E-state index contributed by atoms with van der Waals surface area (Å²) in [6.45, 7) is 5.34. The molecule has 0 saturated heterocycles. The number of amides is 4. The van der Waals surface area contributed by atoms with Gasteiger partial charge in [-0.3, -0.25) is 24.6 Å². The molecule has 7 N–H and O–H groups in total. The van der Waals surface area contributed by atoms with Crippen LogP contribution >= 0.6 is 11.8 Å². The Morgan fingerprint density at radius 2 is 1.68 bits per heavy atom. The Morgan fingerprint density at radius 3 is 2.23 bits per heavy atom. The molecule has 0 spiro atoms. The summed E-state index contributed by atoms with van der Waals surface area (Å²) in [5.41, 5.74) is 8.19. The van der Waals surface area contributed by atoms with E-state index in [-0.39, 0.29) is 36.7 Å². The van der Waals surface area contributed by atoms with Crippen molar-refractivity contribution >= 4 is 51.7 Å². The van der Waals surface area contributed by atoms with Gasteiger partial charge in [0.25, 0.3) is 5.91 Å². The Balaban J connectivity index is 3.18. The number of sulfonamides is 1. The van der Waals surface area contributed by atoms with E-state index in [4.69, 9.17) is 6.63 Å². The summed E-state index contributed by atoms with van der Waals surface area (Å²) in [7, 11) is -3.89. The highest BCUT2D eigenvalue weighted by Crippen LogP contribution is 2.12. The molecule has 0 bridgehead atoms. The molecule has 1 rings (SSSR count). The number of aldehydes is 1. The maximum atomic E-state index is 13.5. The summed E-state index contributed by atoms with van der Waals surface area (Å²) in [4.78, 5) is 63.7. The Hall–Kier alpha value is -3.76. The summed E-state index contributed by atoms with van der Waals surface area (Å²) < 4.78 is 32.4. The van der Waals surface area contributed by atoms with E-state index in [1.54, 1.807) is 18.2 Å². The van der Waals surface area contributed by atoms with Gasteiger partial charge in [0.05, 0.1) is 24.4 Å². The molecule has 262 valence electrons. The number of benzene rings is 1. The normalized spacial score (nSPS) is 14.2. The highest BCUT2D eigenvalue weighted by Gasteiger charge is 2.30. The van der Waals surface area contributed by atoms with Gasteiger partial charge in [0.15, 0.2) is 0 Å². The first-order chi connectivity index (χ1) is 22.5. The molecule has 16 nitrogen and oxygen atoms in total. The first-order valence-corrected chi connectivity index (χ1v) is 17.9. The number of hydrazine groups is 2. The number of aromatic hydroxyl groups is 1. The monoisotopic (exact) mass is 699 g/mol. The van der Waals surface area contributed by atoms with Crippen LogP contribution in [0, 0.1) is 17.2 Å². The fourth-order valence-corrected chi connectivity index (χ4v) is 5.42. The van der Waals surface area contributed by atoms with Crippen LogP contribution in [0.25, 0.3) is 0 Å². The standard InChI is InChI=1S/C29H46N8O8S2/c1-6-47(44,45)37(14-12-30)36-20(4)26(40)32-25(18-21-7-9-22(39)10-8-21)29(43)35-34-23(11-16-46-5)28(42)33-24(17-19(2)3)27(41)31-13-15-38/h7-10,15,19-20,23-25,34,36,39H,6,11,13-14,16-18H2,1-5H3,(H,31,41)(H,32,40)(H,33,42)(H,35,43)/t20?,23-,24?,25-/m0/s1/i15D. The van der Waals surface area contributed by atoms with Crippen molar-refractivity contribution in [1.82, 2.24) is 36.6 Å². The number of hydrogen-bond acceptors (Lipinski definition) is 12. The SMILES string of the molecule is [2H]C(=O)CNC(=O)C(CC(C)C)NC(=O)[C@H](CCSC)NNC(=O)[C@H](Cc1ccc(O)cc1)NC(=O)C(C)NN(CC#N)S(=O)(=O)CC. The molecule has 47 heavy (non-hydrogen) atoms. The lowest BCUT2D eigenvalue weighted by Crippen LogP contribution is -2.60. The number of nitrogens with zero attached hydrogens (tertiary/aromatic N) is 2. The van der Waals surface area contributed by atoms with Gasteiger partial charge in [-0.25, -0.2) is 19.3 Å². The molecule has 0 heterocycles. The summed E-state index contributed by atoms with van der Waals surface area (Å²) in [6, 6.07) is 3.12. The predicted octanol–water partition coefficient (Wildman–Crippen LogP) is -0.924. The molecule has 4 amide bonds. The van der Waals surface area contributed by atoms with Crippen molar-refractivity contribution in [2.45, 2.75) is 71.1 Å². The minimum absolute atomic E-state index is 0.0136. The molecule has 18 heteroatoms. The maximum absolute atomic E-state index is 13.5. The summed E-state index contributed by atoms with van der Waals surface area (Å²) in [5.74, 6) is -2.64. The number of phenols is 1. The highest BCUT2D eigenvalue weighted by molar-refractivity contribution is 7.98. The van der Waals surface area contributed by atoms with Crippen LogP contribution < -0.4 is 32.2 Å². The molecule has 1 aromatic carbocycles. The van der Waals surface area contributed by atoms with Gasteiger partial charge in [0.1, 0.15) is 38.1 Å². The average molecular weight is 700 g/mol. The fourth-order valence-electron chi connectivity index (χ4n) is 4.06. The second-order valence-electron chi connectivity index (χ2n) is 10.9. The molecule has 0 radical (unpaired) electrons. The van der Waals surface area contributed by atoms with E-state index in [0.717, 1.165) is 0 Å². The number of nitriles is 1. The first-order valence-electron chi connectivity index (χ1n) is 15.4. The van der Waals surface area contributed by atoms with Crippen molar-refractivity contribution < 1.29 is 38.9 Å². The van der Waals surface area contributed by atoms with Crippen LogP contribution in [0.15, 0.2) is 24.3 Å². The zero-order valence-electron chi connectivity index (χ0n) is 28.2. The van der Waals surface area contributed by atoms with E-state index in [2.05, 4.69) is 32.2 Å². The second-order valence-corrected chi connectivity index (χ2v) is 14.0. The topological polar surface area (TPSA) is 239 Å². The smallest absolute Gasteiger partial charge is 0.257 e. The molecule has 1 aromatic rings. The molecule has 0 aromatic heterocycles. The molecule has 0 aliphatic rings. The lowest BCUT2D eigenvalue weighted by Gasteiger charge is -2.27. The van der Waals surface area contributed by atoms with Gasteiger partial charge in [-0.1, -0.05) is 26.0 Å². The number of carbonyl (C=O) groups is 5. The van der Waals surface area contributed by atoms with E-state index in [0.29, 0.717) is 15.7 Å². The van der Waals surface area contributed by atoms with Crippen molar-refractivity contribution in [2.75, 3.05) is 30.9 Å². The van der Waals surface area contributed by atoms with Gasteiger partial charge in [-0.05, 0) is 62.3 Å². The van der Waals surface area contributed by atoms with Crippen LogP contribution in [0.1, 0.15) is 47.5 Å². The second kappa shape index (κ2) is 21.2. The van der Waals surface area contributed by atoms with E-state index >= 15 is 0 Å². The number of phenolic OH excluding ortho intramolecular Hbond substituents is 1. The third-order valence-corrected chi connectivity index (χ3v) is 8.91. The van der Waals surface area contributed by atoms with Gasteiger partial charge in [0, 0.05) is 6.42 Å². The van der Waals surface area contributed by atoms with E-state index in [9.17, 15) is 37.5 Å². The predicted molar refractivity (Wildman–Crippen MR) is 177 cm³/mol. The van der Waals surface area contributed by atoms with E-state index in [1.165, 1.54) is 37.7 Å². The number of thioether (sulfide) groups is 1. The molecule has 0 aliphatic heterocycles. The lowest BCUT2D eigenvalue weighted by atomic mass is 10.0. The van der Waals surface area contributed by atoms with E-state index < -0.39 is 77.2 Å². The van der Waals surface area contributed by atoms with Crippen LogP contribution in [0.2, 0.25) is 0 Å². The molecular weight excluding hydrogens is 653 g/mol. The zero-order valence-corrected chi connectivity index (χ0v) is 28.8. The number of nitrogens with one attached hydrogen (secondary N) is 6. The highest BCUT2D eigenvalue weighted by atomic mass is 32.2.